The van der Waals surface area contributed by atoms with E-state index in [9.17, 15) is 35.2 Å². The number of sulfone groups is 1. The van der Waals surface area contributed by atoms with Gasteiger partial charge in [-0.2, -0.15) is 26.9 Å². The van der Waals surface area contributed by atoms with Crippen LogP contribution in [0.4, 0.5) is 22.0 Å². The van der Waals surface area contributed by atoms with E-state index in [4.69, 9.17) is 4.74 Å². The van der Waals surface area contributed by atoms with Gasteiger partial charge in [-0.25, -0.2) is 13.4 Å². The molecule has 0 unspecified atom stereocenters. The molecule has 33 heavy (non-hydrogen) atoms. The Hall–Kier alpha value is -3.09. The zero-order valence-electron chi connectivity index (χ0n) is 17.0. The first-order chi connectivity index (χ1) is 15.3. The summed E-state index contributed by atoms with van der Waals surface area (Å²) in [7, 11) is -3.48. The number of carbonyl (C=O) groups excluding carboxylic acids is 1. The third kappa shape index (κ3) is 6.24. The fraction of sp³-hybridized carbons (Fsp3) is 0.350. The monoisotopic (exact) mass is 491 g/mol. The fourth-order valence-corrected chi connectivity index (χ4v) is 3.17. The molecule has 1 aliphatic carbocycles. The van der Waals surface area contributed by atoms with E-state index in [1.165, 1.54) is 30.3 Å². The Morgan fingerprint density at radius 3 is 2.36 bits per heavy atom. The highest BCUT2D eigenvalue weighted by atomic mass is 32.2. The van der Waals surface area contributed by atoms with Crippen molar-refractivity contribution in [3.63, 3.8) is 0 Å². The second kappa shape index (κ2) is 9.04. The van der Waals surface area contributed by atoms with E-state index >= 15 is 0 Å². The average molecular weight is 491 g/mol. The van der Waals surface area contributed by atoms with Gasteiger partial charge in [-0.3, -0.25) is 4.79 Å². The van der Waals surface area contributed by atoms with Gasteiger partial charge in [0.15, 0.2) is 9.84 Å². The number of carbonyl (C=O) groups is 1. The maximum absolute atomic E-state index is 13.8. The first-order valence-corrected chi connectivity index (χ1v) is 11.5. The van der Waals surface area contributed by atoms with Gasteiger partial charge in [0.05, 0.1) is 6.04 Å². The summed E-state index contributed by atoms with van der Waals surface area (Å²) in [6.07, 6.45) is -1.79. The van der Waals surface area contributed by atoms with Crippen molar-refractivity contribution in [2.24, 2.45) is 5.92 Å². The van der Waals surface area contributed by atoms with Crippen molar-refractivity contribution >= 4 is 15.7 Å². The Bertz CT molecular complexity index is 1150. The number of amides is 1. The van der Waals surface area contributed by atoms with Crippen LogP contribution < -0.4 is 10.1 Å². The van der Waals surface area contributed by atoms with Crippen LogP contribution >= 0.6 is 0 Å². The van der Waals surface area contributed by atoms with E-state index in [1.54, 1.807) is 6.07 Å². The minimum absolute atomic E-state index is 0.0299. The number of hydrogen-bond acceptors (Lipinski definition) is 6. The van der Waals surface area contributed by atoms with Crippen LogP contribution in [0.15, 0.2) is 48.0 Å². The average Bonchev–Trinajstić information content (AvgIpc) is 3.55. The number of rotatable bonds is 8. The molecule has 2 aromatic rings. The second-order valence-electron chi connectivity index (χ2n) is 7.39. The van der Waals surface area contributed by atoms with Crippen molar-refractivity contribution in [1.29, 1.82) is 0 Å². The Morgan fingerprint density at radius 1 is 1.18 bits per heavy atom. The summed E-state index contributed by atoms with van der Waals surface area (Å²) < 4.78 is 94.0. The van der Waals surface area contributed by atoms with E-state index in [1.807, 2.05) is 0 Å². The molecule has 1 aliphatic rings. The van der Waals surface area contributed by atoms with Crippen molar-refractivity contribution in [2.75, 3.05) is 6.26 Å². The molecular formula is C20H18F5N3O4S. The molecule has 1 N–H and O–H groups in total. The Labute approximate surface area is 185 Å². The molecular weight excluding hydrogens is 473 g/mol. The van der Waals surface area contributed by atoms with Gasteiger partial charge in [-0.1, -0.05) is 24.3 Å². The van der Waals surface area contributed by atoms with Crippen molar-refractivity contribution < 1.29 is 39.9 Å². The normalized spacial score (nSPS) is 15.9. The van der Waals surface area contributed by atoms with Gasteiger partial charge in [0.1, 0.15) is 11.3 Å². The van der Waals surface area contributed by atoms with Crippen molar-refractivity contribution in [1.82, 2.24) is 15.3 Å². The summed E-state index contributed by atoms with van der Waals surface area (Å²) in [5, 5.41) is 3.44. The maximum Gasteiger partial charge on any atom is 0.461 e. The molecule has 7 nitrogen and oxygen atoms in total. The molecule has 0 spiro atoms. The van der Waals surface area contributed by atoms with Crippen molar-refractivity contribution in [2.45, 2.75) is 31.0 Å². The Kier molecular flexibility index (Phi) is 6.73. The fourth-order valence-electron chi connectivity index (χ4n) is 2.71. The number of ether oxygens (including phenoxy) is 1. The summed E-state index contributed by atoms with van der Waals surface area (Å²) in [6, 6.07) is 6.69. The summed E-state index contributed by atoms with van der Waals surface area (Å²) >= 11 is 0. The molecule has 0 radical (unpaired) electrons. The Morgan fingerprint density at radius 2 is 1.82 bits per heavy atom. The predicted molar refractivity (Wildman–Crippen MR) is 106 cm³/mol. The van der Waals surface area contributed by atoms with Crippen LogP contribution in [0.5, 0.6) is 11.6 Å². The molecule has 0 aliphatic heterocycles. The number of aromatic nitrogens is 2. The van der Waals surface area contributed by atoms with Crippen LogP contribution in [0.2, 0.25) is 0 Å². The number of halogens is 5. The molecule has 1 amide bonds. The van der Waals surface area contributed by atoms with E-state index in [2.05, 4.69) is 15.3 Å². The molecule has 1 heterocycles. The van der Waals surface area contributed by atoms with E-state index in [-0.39, 0.29) is 11.7 Å². The lowest BCUT2D eigenvalue weighted by atomic mass is 10.1. The van der Waals surface area contributed by atoms with E-state index in [0.717, 1.165) is 11.7 Å². The standard InChI is InChI=1S/C20H18F5N3O4S/c1-33(30,31)10-9-15(12-7-8-12)27-16(29)14-11-26-18(19(21,22)20(23,24)25)28-17(14)32-13-5-3-2-4-6-13/h2-6,9-12,15H,7-8H2,1H3,(H,27,29)/b10-9+/t15-/m1/s1. The molecule has 1 atom stereocenters. The first-order valence-electron chi connectivity index (χ1n) is 9.52. The molecule has 1 aromatic carbocycles. The van der Waals surface area contributed by atoms with Crippen LogP contribution in [-0.4, -0.2) is 42.8 Å². The van der Waals surface area contributed by atoms with Crippen LogP contribution in [0, 0.1) is 5.92 Å². The van der Waals surface area contributed by atoms with Gasteiger partial charge >= 0.3 is 12.1 Å². The molecule has 178 valence electrons. The van der Waals surface area contributed by atoms with Gasteiger partial charge in [-0.15, -0.1) is 0 Å². The van der Waals surface area contributed by atoms with Crippen LogP contribution in [0.25, 0.3) is 0 Å². The third-order valence-electron chi connectivity index (χ3n) is 4.55. The SMILES string of the molecule is CS(=O)(=O)/C=C/[C@@H](NC(=O)c1cnc(C(F)(F)C(F)(F)F)nc1Oc1ccccc1)C1CC1. The number of para-hydroxylation sites is 1. The zero-order chi connectivity index (χ0) is 24.4. The minimum atomic E-state index is -5.96. The molecule has 1 aromatic heterocycles. The van der Waals surface area contributed by atoms with Gasteiger partial charge < -0.3 is 10.1 Å². The van der Waals surface area contributed by atoms with Gasteiger partial charge in [0, 0.05) is 17.9 Å². The van der Waals surface area contributed by atoms with Gasteiger partial charge in [0.25, 0.3) is 5.91 Å². The number of nitrogens with one attached hydrogen (secondary N) is 1. The highest BCUT2D eigenvalue weighted by Crippen LogP contribution is 2.43. The zero-order valence-corrected chi connectivity index (χ0v) is 17.8. The molecule has 0 saturated heterocycles. The molecule has 1 fully saturated rings. The van der Waals surface area contributed by atoms with Crippen LogP contribution in [-0.2, 0) is 15.8 Å². The second-order valence-corrected chi connectivity index (χ2v) is 9.33. The Balaban J connectivity index is 1.97. The van der Waals surface area contributed by atoms with E-state index in [0.29, 0.717) is 19.0 Å². The summed E-state index contributed by atoms with van der Waals surface area (Å²) in [5.74, 6) is -9.03. The maximum atomic E-state index is 13.8. The highest BCUT2D eigenvalue weighted by molar-refractivity contribution is 7.93. The lowest BCUT2D eigenvalue weighted by Crippen LogP contribution is -2.37. The van der Waals surface area contributed by atoms with Gasteiger partial charge in [-0.05, 0) is 30.9 Å². The highest BCUT2D eigenvalue weighted by Gasteiger charge is 2.61. The first kappa shape index (κ1) is 24.6. The van der Waals surface area contributed by atoms with Crippen molar-refractivity contribution in [3.8, 4) is 11.6 Å². The molecule has 3 rings (SSSR count). The van der Waals surface area contributed by atoms with Crippen LogP contribution in [0.1, 0.15) is 29.0 Å². The predicted octanol–water partition coefficient (Wildman–Crippen LogP) is 3.99. The topological polar surface area (TPSA) is 98.2 Å². The lowest BCUT2D eigenvalue weighted by Gasteiger charge is -2.20. The summed E-state index contributed by atoms with van der Waals surface area (Å²) in [5.41, 5.74) is -0.501. The minimum Gasteiger partial charge on any atom is -0.438 e. The van der Waals surface area contributed by atoms with Crippen molar-refractivity contribution in [3.05, 3.63) is 59.4 Å². The number of hydrogen-bond donors (Lipinski definition) is 1. The largest absolute Gasteiger partial charge is 0.461 e. The smallest absolute Gasteiger partial charge is 0.438 e. The lowest BCUT2D eigenvalue weighted by molar-refractivity contribution is -0.292. The number of benzene rings is 1. The third-order valence-corrected chi connectivity index (χ3v) is 5.21. The number of alkyl halides is 5. The molecule has 13 heteroatoms. The number of nitrogens with zero attached hydrogens (tertiary/aromatic N) is 2. The molecule has 0 bridgehead atoms. The van der Waals surface area contributed by atoms with Crippen LogP contribution in [0.3, 0.4) is 0 Å². The molecule has 1 saturated carbocycles. The quantitative estimate of drug-likeness (QED) is 0.561. The van der Waals surface area contributed by atoms with E-state index < -0.39 is 51.2 Å². The summed E-state index contributed by atoms with van der Waals surface area (Å²) in [6.45, 7) is 0. The van der Waals surface area contributed by atoms with Gasteiger partial charge in [0.2, 0.25) is 11.7 Å². The summed E-state index contributed by atoms with van der Waals surface area (Å²) in [4.78, 5) is 19.1.